The lowest BCUT2D eigenvalue weighted by molar-refractivity contribution is 0.348. The maximum Gasteiger partial charge on any atom is 0.120 e. The van der Waals surface area contributed by atoms with E-state index in [0.29, 0.717) is 6.04 Å². The fourth-order valence-corrected chi connectivity index (χ4v) is 2.82. The lowest BCUT2D eigenvalue weighted by atomic mass is 9.83. The fourth-order valence-electron chi connectivity index (χ4n) is 2.82. The first-order valence-corrected chi connectivity index (χ1v) is 6.59. The molecule has 0 aromatic carbocycles. The molecule has 2 rings (SSSR count). The molecule has 1 aromatic rings. The first-order valence-electron chi connectivity index (χ1n) is 6.59. The third-order valence-corrected chi connectivity index (χ3v) is 3.57. The average Bonchev–Trinajstić information content (AvgIpc) is 2.78. The van der Waals surface area contributed by atoms with E-state index in [0.717, 1.165) is 24.1 Å². The molecule has 3 unspecified atom stereocenters. The van der Waals surface area contributed by atoms with Gasteiger partial charge in [-0.15, -0.1) is 0 Å². The van der Waals surface area contributed by atoms with Crippen molar-refractivity contribution in [3.8, 4) is 0 Å². The standard InChI is InChI=1S/C15H23NO/c1-11-7-12(2)9-14(8-11)10-16-13(3)15-5-4-6-17-15/h4-7,11,13-14,16H,8-10H2,1-3H3. The minimum atomic E-state index is 0.312. The van der Waals surface area contributed by atoms with Gasteiger partial charge in [0.25, 0.3) is 0 Å². The van der Waals surface area contributed by atoms with E-state index in [2.05, 4.69) is 32.2 Å². The van der Waals surface area contributed by atoms with Gasteiger partial charge in [0.2, 0.25) is 0 Å². The van der Waals surface area contributed by atoms with Gasteiger partial charge in [-0.25, -0.2) is 0 Å². The van der Waals surface area contributed by atoms with Crippen molar-refractivity contribution >= 4 is 0 Å². The van der Waals surface area contributed by atoms with Crippen LogP contribution in [0.5, 0.6) is 0 Å². The molecule has 1 N–H and O–H groups in total. The third-order valence-electron chi connectivity index (χ3n) is 3.57. The minimum absolute atomic E-state index is 0.312. The number of hydrogen-bond acceptors (Lipinski definition) is 2. The molecule has 0 bridgehead atoms. The Morgan fingerprint density at radius 2 is 2.35 bits per heavy atom. The molecule has 3 atom stereocenters. The van der Waals surface area contributed by atoms with Crippen LogP contribution < -0.4 is 5.32 Å². The molecule has 1 aromatic heterocycles. The summed E-state index contributed by atoms with van der Waals surface area (Å²) < 4.78 is 5.40. The molecule has 1 aliphatic rings. The first-order chi connectivity index (χ1) is 8.15. The van der Waals surface area contributed by atoms with Crippen LogP contribution in [0.1, 0.15) is 45.4 Å². The number of nitrogens with one attached hydrogen (secondary N) is 1. The fraction of sp³-hybridized carbons (Fsp3) is 0.600. The van der Waals surface area contributed by atoms with Crippen molar-refractivity contribution in [1.29, 1.82) is 0 Å². The smallest absolute Gasteiger partial charge is 0.120 e. The van der Waals surface area contributed by atoms with Crippen molar-refractivity contribution in [1.82, 2.24) is 5.32 Å². The minimum Gasteiger partial charge on any atom is -0.468 e. The van der Waals surface area contributed by atoms with Crippen LogP contribution in [-0.2, 0) is 0 Å². The molecule has 0 saturated carbocycles. The average molecular weight is 233 g/mol. The molecule has 2 nitrogen and oxygen atoms in total. The lowest BCUT2D eigenvalue weighted by Gasteiger charge is -2.26. The Balaban J connectivity index is 1.81. The zero-order valence-electron chi connectivity index (χ0n) is 11.1. The summed E-state index contributed by atoms with van der Waals surface area (Å²) in [5.74, 6) is 2.53. The SMILES string of the molecule is CC1=CC(C)CC(CNC(C)c2ccco2)C1. The van der Waals surface area contributed by atoms with Gasteiger partial charge in [0.15, 0.2) is 0 Å². The molecule has 0 spiro atoms. The Hall–Kier alpha value is -1.02. The molecule has 0 radical (unpaired) electrons. The quantitative estimate of drug-likeness (QED) is 0.797. The molecule has 1 aliphatic carbocycles. The Morgan fingerprint density at radius 3 is 3.00 bits per heavy atom. The number of furan rings is 1. The van der Waals surface area contributed by atoms with Crippen LogP contribution in [0.25, 0.3) is 0 Å². The van der Waals surface area contributed by atoms with Crippen LogP contribution >= 0.6 is 0 Å². The van der Waals surface area contributed by atoms with E-state index in [-0.39, 0.29) is 0 Å². The summed E-state index contributed by atoms with van der Waals surface area (Å²) in [7, 11) is 0. The Bertz CT molecular complexity index is 366. The number of rotatable bonds is 4. The highest BCUT2D eigenvalue weighted by Crippen LogP contribution is 2.27. The zero-order valence-corrected chi connectivity index (χ0v) is 11.1. The number of hydrogen-bond donors (Lipinski definition) is 1. The summed E-state index contributed by atoms with van der Waals surface area (Å²) in [6.07, 6.45) is 6.69. The van der Waals surface area contributed by atoms with Gasteiger partial charge < -0.3 is 9.73 Å². The molecule has 17 heavy (non-hydrogen) atoms. The molecular weight excluding hydrogens is 210 g/mol. The first kappa shape index (κ1) is 12.4. The van der Waals surface area contributed by atoms with Crippen LogP contribution in [0.4, 0.5) is 0 Å². The van der Waals surface area contributed by atoms with E-state index < -0.39 is 0 Å². The van der Waals surface area contributed by atoms with Crippen molar-refractivity contribution in [2.45, 2.75) is 39.7 Å². The van der Waals surface area contributed by atoms with Crippen LogP contribution in [0.2, 0.25) is 0 Å². The van der Waals surface area contributed by atoms with E-state index in [1.54, 1.807) is 11.8 Å². The highest BCUT2D eigenvalue weighted by Gasteiger charge is 2.19. The Labute approximate surface area is 104 Å². The lowest BCUT2D eigenvalue weighted by Crippen LogP contribution is -2.28. The largest absolute Gasteiger partial charge is 0.468 e. The van der Waals surface area contributed by atoms with Crippen molar-refractivity contribution in [2.24, 2.45) is 11.8 Å². The van der Waals surface area contributed by atoms with Crippen LogP contribution in [0.15, 0.2) is 34.5 Å². The van der Waals surface area contributed by atoms with Gasteiger partial charge in [0.05, 0.1) is 12.3 Å². The van der Waals surface area contributed by atoms with E-state index >= 15 is 0 Å². The molecule has 94 valence electrons. The number of allylic oxidation sites excluding steroid dienone is 2. The monoisotopic (exact) mass is 233 g/mol. The predicted molar refractivity (Wildman–Crippen MR) is 70.8 cm³/mol. The van der Waals surface area contributed by atoms with E-state index in [1.807, 2.05) is 12.1 Å². The maximum atomic E-state index is 5.40. The summed E-state index contributed by atoms with van der Waals surface area (Å²) in [6.45, 7) is 7.80. The van der Waals surface area contributed by atoms with Gasteiger partial charge >= 0.3 is 0 Å². The maximum absolute atomic E-state index is 5.40. The van der Waals surface area contributed by atoms with E-state index in [1.165, 1.54) is 12.8 Å². The Kier molecular flexibility index (Phi) is 4.06. The highest BCUT2D eigenvalue weighted by molar-refractivity contribution is 5.07. The van der Waals surface area contributed by atoms with Crippen LogP contribution in [-0.4, -0.2) is 6.54 Å². The van der Waals surface area contributed by atoms with Crippen molar-refractivity contribution < 1.29 is 4.42 Å². The van der Waals surface area contributed by atoms with Crippen molar-refractivity contribution in [2.75, 3.05) is 6.54 Å². The summed E-state index contributed by atoms with van der Waals surface area (Å²) >= 11 is 0. The van der Waals surface area contributed by atoms with Gasteiger partial charge in [-0.3, -0.25) is 0 Å². The van der Waals surface area contributed by atoms with Gasteiger partial charge in [0, 0.05) is 0 Å². The van der Waals surface area contributed by atoms with Gasteiger partial charge in [0.1, 0.15) is 5.76 Å². The third kappa shape index (κ3) is 3.47. The van der Waals surface area contributed by atoms with E-state index in [4.69, 9.17) is 4.42 Å². The summed E-state index contributed by atoms with van der Waals surface area (Å²) in [6, 6.07) is 4.29. The molecule has 1 heterocycles. The van der Waals surface area contributed by atoms with Gasteiger partial charge in [-0.05, 0) is 57.2 Å². The molecular formula is C15H23NO. The Morgan fingerprint density at radius 1 is 1.53 bits per heavy atom. The van der Waals surface area contributed by atoms with E-state index in [9.17, 15) is 0 Å². The van der Waals surface area contributed by atoms with Gasteiger partial charge in [-0.1, -0.05) is 18.6 Å². The second-order valence-corrected chi connectivity index (χ2v) is 5.44. The topological polar surface area (TPSA) is 25.2 Å². The summed E-state index contributed by atoms with van der Waals surface area (Å²) in [4.78, 5) is 0. The second kappa shape index (κ2) is 5.54. The molecule has 0 amide bonds. The second-order valence-electron chi connectivity index (χ2n) is 5.44. The molecule has 2 heteroatoms. The molecule has 0 aliphatic heterocycles. The van der Waals surface area contributed by atoms with Crippen LogP contribution in [0.3, 0.4) is 0 Å². The normalized spacial score (nSPS) is 26.6. The molecule has 0 saturated heterocycles. The summed E-state index contributed by atoms with van der Waals surface area (Å²) in [5, 5.41) is 3.57. The summed E-state index contributed by atoms with van der Waals surface area (Å²) in [5.41, 5.74) is 1.54. The predicted octanol–water partition coefficient (Wildman–Crippen LogP) is 3.92. The highest BCUT2D eigenvalue weighted by atomic mass is 16.3. The molecule has 0 fully saturated rings. The van der Waals surface area contributed by atoms with Crippen molar-refractivity contribution in [3.63, 3.8) is 0 Å². The zero-order chi connectivity index (χ0) is 12.3. The van der Waals surface area contributed by atoms with Gasteiger partial charge in [-0.2, -0.15) is 0 Å². The van der Waals surface area contributed by atoms with Crippen molar-refractivity contribution in [3.05, 3.63) is 35.8 Å². The van der Waals surface area contributed by atoms with Crippen LogP contribution in [0, 0.1) is 11.8 Å².